The molecule has 192 valence electrons. The molecule has 1 atom stereocenters. The average molecular weight is 556 g/mol. The predicted molar refractivity (Wildman–Crippen MR) is 148 cm³/mol. The van der Waals surface area contributed by atoms with Crippen molar-refractivity contribution in [3.05, 3.63) is 82.9 Å². The van der Waals surface area contributed by atoms with Gasteiger partial charge in [0.05, 0.1) is 27.8 Å². The molecule has 7 nitrogen and oxygen atoms in total. The second kappa shape index (κ2) is 10.8. The third kappa shape index (κ3) is 5.80. The Bertz CT molecular complexity index is 1510. The normalized spacial score (nSPS) is 15.7. The first kappa shape index (κ1) is 25.7. The van der Waals surface area contributed by atoms with E-state index in [1.54, 1.807) is 29.2 Å². The molecule has 0 aliphatic carbocycles. The fourth-order valence-electron chi connectivity index (χ4n) is 4.20. The highest BCUT2D eigenvalue weighted by molar-refractivity contribution is 7.92. The Balaban J connectivity index is 1.39. The molecule has 1 N–H and O–H groups in total. The first-order valence-electron chi connectivity index (χ1n) is 12.0. The van der Waals surface area contributed by atoms with Crippen LogP contribution >= 0.6 is 22.9 Å². The van der Waals surface area contributed by atoms with Crippen molar-refractivity contribution in [1.29, 1.82) is 0 Å². The number of fused-ring (bicyclic) bond motifs is 1. The number of rotatable bonds is 8. The molecule has 10 heteroatoms. The molecule has 0 saturated carbocycles. The molecule has 5 rings (SSSR count). The average Bonchev–Trinajstić information content (AvgIpc) is 3.56. The maximum absolute atomic E-state index is 13.7. The van der Waals surface area contributed by atoms with Gasteiger partial charge in [0.25, 0.3) is 15.9 Å². The number of nitrogens with one attached hydrogen (secondary N) is 1. The van der Waals surface area contributed by atoms with E-state index in [0.29, 0.717) is 34.6 Å². The summed E-state index contributed by atoms with van der Waals surface area (Å²) in [6, 6.07) is 18.5. The maximum Gasteiger partial charge on any atom is 0.261 e. The number of aromatic nitrogens is 1. The molecular weight excluding hydrogens is 530 g/mol. The minimum atomic E-state index is -3.79. The lowest BCUT2D eigenvalue weighted by Gasteiger charge is -2.23. The highest BCUT2D eigenvalue weighted by Crippen LogP contribution is 2.32. The second-order valence-corrected chi connectivity index (χ2v) is 12.0. The Kier molecular flexibility index (Phi) is 7.48. The molecule has 1 unspecified atom stereocenters. The van der Waals surface area contributed by atoms with E-state index in [1.807, 2.05) is 6.07 Å². The number of sulfonamides is 1. The van der Waals surface area contributed by atoms with Crippen LogP contribution in [0.15, 0.2) is 71.6 Å². The molecule has 1 aliphatic heterocycles. The number of aryl methyl sites for hydroxylation is 1. The Hall–Kier alpha value is -2.98. The molecule has 1 saturated heterocycles. The van der Waals surface area contributed by atoms with Gasteiger partial charge in [-0.3, -0.25) is 14.4 Å². The molecule has 0 spiro atoms. The second-order valence-electron chi connectivity index (χ2n) is 8.84. The number of nitrogens with zero attached hydrogens (tertiary/aromatic N) is 2. The number of carbonyl (C=O) groups is 1. The highest BCUT2D eigenvalue weighted by atomic mass is 35.5. The zero-order chi connectivity index (χ0) is 26.0. The molecule has 4 aromatic rings. The summed E-state index contributed by atoms with van der Waals surface area (Å²) in [5, 5.41) is 1.07. The van der Waals surface area contributed by atoms with E-state index in [9.17, 15) is 13.2 Å². The van der Waals surface area contributed by atoms with Crippen molar-refractivity contribution in [3.8, 4) is 0 Å². The predicted octanol–water partition coefficient (Wildman–Crippen LogP) is 6.14. The maximum atomic E-state index is 13.7. The minimum Gasteiger partial charge on any atom is -0.376 e. The van der Waals surface area contributed by atoms with Gasteiger partial charge in [0.2, 0.25) is 0 Å². The van der Waals surface area contributed by atoms with Crippen molar-refractivity contribution in [1.82, 2.24) is 4.98 Å². The number of amides is 1. The van der Waals surface area contributed by atoms with Gasteiger partial charge in [-0.25, -0.2) is 13.4 Å². The summed E-state index contributed by atoms with van der Waals surface area (Å²) >= 11 is 7.35. The third-order valence-electron chi connectivity index (χ3n) is 6.24. The zero-order valence-corrected chi connectivity index (χ0v) is 22.6. The molecule has 0 radical (unpaired) electrons. The number of hydrogen-bond acceptors (Lipinski definition) is 6. The van der Waals surface area contributed by atoms with Crippen LogP contribution in [0.4, 0.5) is 10.8 Å². The molecule has 0 bridgehead atoms. The molecule has 1 amide bonds. The largest absolute Gasteiger partial charge is 0.376 e. The van der Waals surface area contributed by atoms with Gasteiger partial charge in [-0.1, -0.05) is 35.9 Å². The number of carbonyl (C=O) groups excluding carboxylic acids is 1. The smallest absolute Gasteiger partial charge is 0.261 e. The summed E-state index contributed by atoms with van der Waals surface area (Å²) in [5.74, 6) is -0.211. The zero-order valence-electron chi connectivity index (χ0n) is 20.2. The lowest BCUT2D eigenvalue weighted by atomic mass is 10.1. The summed E-state index contributed by atoms with van der Waals surface area (Å²) in [6.45, 7) is 3.20. The van der Waals surface area contributed by atoms with Crippen molar-refractivity contribution < 1.29 is 17.9 Å². The Labute approximate surface area is 225 Å². The summed E-state index contributed by atoms with van der Waals surface area (Å²) < 4.78 is 34.8. The molecule has 1 aromatic heterocycles. The van der Waals surface area contributed by atoms with Gasteiger partial charge >= 0.3 is 0 Å². The summed E-state index contributed by atoms with van der Waals surface area (Å²) in [6.07, 6.45) is 2.73. The van der Waals surface area contributed by atoms with Gasteiger partial charge in [-0.15, -0.1) is 0 Å². The Morgan fingerprint density at radius 1 is 1.14 bits per heavy atom. The van der Waals surface area contributed by atoms with Crippen molar-refractivity contribution in [3.63, 3.8) is 0 Å². The number of halogens is 1. The van der Waals surface area contributed by atoms with Crippen LogP contribution in [0.2, 0.25) is 5.02 Å². The van der Waals surface area contributed by atoms with Crippen LogP contribution in [-0.2, 0) is 21.2 Å². The number of benzene rings is 3. The van der Waals surface area contributed by atoms with E-state index in [0.717, 1.165) is 29.5 Å². The Morgan fingerprint density at radius 2 is 1.89 bits per heavy atom. The lowest BCUT2D eigenvalue weighted by molar-refractivity contribution is 0.0917. The monoisotopic (exact) mass is 555 g/mol. The fourth-order valence-corrected chi connectivity index (χ4v) is 6.42. The number of hydrogen-bond donors (Lipinski definition) is 1. The van der Waals surface area contributed by atoms with E-state index in [2.05, 4.69) is 23.8 Å². The van der Waals surface area contributed by atoms with Gasteiger partial charge in [0.15, 0.2) is 5.13 Å². The van der Waals surface area contributed by atoms with E-state index < -0.39 is 10.0 Å². The molecule has 1 aliphatic rings. The van der Waals surface area contributed by atoms with E-state index in [4.69, 9.17) is 21.3 Å². The van der Waals surface area contributed by atoms with Gasteiger partial charge in [0, 0.05) is 22.9 Å². The van der Waals surface area contributed by atoms with Crippen molar-refractivity contribution in [2.75, 3.05) is 22.8 Å². The van der Waals surface area contributed by atoms with Gasteiger partial charge in [-0.2, -0.15) is 0 Å². The molecular formula is C27H26ClN3O4S2. The van der Waals surface area contributed by atoms with E-state index in [-0.39, 0.29) is 16.9 Å². The van der Waals surface area contributed by atoms with Crippen LogP contribution in [-0.4, -0.2) is 38.6 Å². The molecule has 1 fully saturated rings. The van der Waals surface area contributed by atoms with Crippen molar-refractivity contribution in [2.45, 2.75) is 37.2 Å². The number of ether oxygens (including phenoxy) is 1. The van der Waals surface area contributed by atoms with Crippen LogP contribution in [0.3, 0.4) is 0 Å². The number of anilines is 2. The topological polar surface area (TPSA) is 88.6 Å². The highest BCUT2D eigenvalue weighted by Gasteiger charge is 2.27. The van der Waals surface area contributed by atoms with E-state index in [1.165, 1.54) is 41.2 Å². The summed E-state index contributed by atoms with van der Waals surface area (Å²) in [5.41, 5.74) is 2.86. The molecule has 37 heavy (non-hydrogen) atoms. The molecule has 3 aromatic carbocycles. The van der Waals surface area contributed by atoms with Crippen LogP contribution < -0.4 is 9.62 Å². The van der Waals surface area contributed by atoms with Crippen molar-refractivity contribution in [2.24, 2.45) is 0 Å². The SMILES string of the molecule is CCc1ccc2nc(N(CC3CCCO3)C(=O)c3ccc(NS(=O)(=O)c4ccc(Cl)cc4)cc3)sc2c1. The van der Waals surface area contributed by atoms with Gasteiger partial charge in [-0.05, 0) is 85.5 Å². The van der Waals surface area contributed by atoms with Gasteiger partial charge in [0.1, 0.15) is 0 Å². The van der Waals surface area contributed by atoms with Crippen LogP contribution in [0, 0.1) is 0 Å². The van der Waals surface area contributed by atoms with Crippen LogP contribution in [0.25, 0.3) is 10.2 Å². The van der Waals surface area contributed by atoms with Crippen LogP contribution in [0.5, 0.6) is 0 Å². The minimum absolute atomic E-state index is 0.0485. The molecule has 2 heterocycles. The summed E-state index contributed by atoms with van der Waals surface area (Å²) in [7, 11) is -3.79. The standard InChI is InChI=1S/C27H26ClN3O4S2/c1-2-18-5-14-24-25(16-18)36-27(29-24)31(17-22-4-3-15-35-22)26(32)19-6-10-21(11-7-19)30-37(33,34)23-12-8-20(28)9-13-23/h5-14,16,22,30H,2-4,15,17H2,1H3. The van der Waals surface area contributed by atoms with Gasteiger partial charge < -0.3 is 4.74 Å². The quantitative estimate of drug-likeness (QED) is 0.282. The van der Waals surface area contributed by atoms with Crippen LogP contribution in [0.1, 0.15) is 35.7 Å². The number of thiazole rings is 1. The fraction of sp³-hybridized carbons (Fsp3) is 0.259. The Morgan fingerprint density at radius 3 is 2.57 bits per heavy atom. The lowest BCUT2D eigenvalue weighted by Crippen LogP contribution is -2.37. The summed E-state index contributed by atoms with van der Waals surface area (Å²) in [4.78, 5) is 20.2. The van der Waals surface area contributed by atoms with Crippen molar-refractivity contribution >= 4 is 59.9 Å². The third-order valence-corrected chi connectivity index (χ3v) is 8.93. The first-order chi connectivity index (χ1) is 17.8. The first-order valence-corrected chi connectivity index (χ1v) is 14.7. The van der Waals surface area contributed by atoms with E-state index >= 15 is 0 Å².